The molecule has 1 saturated heterocycles. The van der Waals surface area contributed by atoms with Crippen molar-refractivity contribution in [2.24, 2.45) is 0 Å². The van der Waals surface area contributed by atoms with Crippen molar-refractivity contribution >= 4 is 17.4 Å². The van der Waals surface area contributed by atoms with E-state index in [1.165, 1.54) is 0 Å². The van der Waals surface area contributed by atoms with Gasteiger partial charge in [-0.15, -0.1) is 0 Å². The van der Waals surface area contributed by atoms with Crippen molar-refractivity contribution in [3.05, 3.63) is 94.1 Å². The van der Waals surface area contributed by atoms with Gasteiger partial charge in [-0.2, -0.15) is 0 Å². The van der Waals surface area contributed by atoms with Gasteiger partial charge in [0.25, 0.3) is 11.7 Å². The first-order valence-electron chi connectivity index (χ1n) is 12.2. The number of hydrogen-bond acceptors (Lipinski definition) is 6. The molecule has 2 aliphatic heterocycles. The second-order valence-electron chi connectivity index (χ2n) is 9.27. The molecule has 2 heterocycles. The van der Waals surface area contributed by atoms with Gasteiger partial charge in [0.15, 0.2) is 11.5 Å². The maximum Gasteiger partial charge on any atom is 0.295 e. The summed E-state index contributed by atoms with van der Waals surface area (Å²) < 4.78 is 16.3. The highest BCUT2D eigenvalue weighted by Crippen LogP contribution is 2.40. The number of ether oxygens (including phenoxy) is 3. The number of aliphatic hydroxyl groups excluding tert-OH is 1. The van der Waals surface area contributed by atoms with Crippen LogP contribution in [-0.2, 0) is 22.4 Å². The normalized spacial score (nSPS) is 18.0. The highest BCUT2D eigenvalue weighted by molar-refractivity contribution is 6.46. The molecule has 0 bridgehead atoms. The fourth-order valence-corrected chi connectivity index (χ4v) is 5.07. The third kappa shape index (κ3) is 4.53. The van der Waals surface area contributed by atoms with E-state index >= 15 is 0 Å². The molecule has 1 unspecified atom stereocenters. The van der Waals surface area contributed by atoms with Crippen LogP contribution in [-0.4, -0.2) is 49.1 Å². The fourth-order valence-electron chi connectivity index (χ4n) is 5.07. The molecule has 0 spiro atoms. The van der Waals surface area contributed by atoms with E-state index in [1.54, 1.807) is 31.3 Å². The first kappa shape index (κ1) is 24.4. The van der Waals surface area contributed by atoms with Crippen LogP contribution in [0.25, 0.3) is 5.76 Å². The third-order valence-electron chi connectivity index (χ3n) is 6.95. The number of likely N-dealkylation sites (tertiary alicyclic amines) is 1. The summed E-state index contributed by atoms with van der Waals surface area (Å²) in [5.74, 6) is 0.505. The molecule has 1 amide bonds. The number of rotatable bonds is 7. The molecule has 3 aromatic rings. The predicted octanol–water partition coefficient (Wildman–Crippen LogP) is 4.61. The number of methoxy groups -OCH3 is 2. The van der Waals surface area contributed by atoms with Crippen molar-refractivity contribution in [3.8, 4) is 17.2 Å². The van der Waals surface area contributed by atoms with Crippen molar-refractivity contribution < 1.29 is 28.9 Å². The number of amides is 1. The van der Waals surface area contributed by atoms with E-state index < -0.39 is 17.7 Å². The molecule has 37 heavy (non-hydrogen) atoms. The third-order valence-corrected chi connectivity index (χ3v) is 6.95. The Kier molecular flexibility index (Phi) is 6.61. The summed E-state index contributed by atoms with van der Waals surface area (Å²) in [4.78, 5) is 28.2. The lowest BCUT2D eigenvalue weighted by Crippen LogP contribution is -2.31. The second-order valence-corrected chi connectivity index (χ2v) is 9.27. The standard InChI is InChI=1S/C30H29NO6/c1-18-5-4-6-21(15-18)27-26(28(32)22-8-10-23-20(17-22)12-14-37-23)29(33)30(34)31(27)13-11-19-7-9-24(35-2)25(16-19)36-3/h4-10,15-17,27,32H,11-14H2,1-3H3/b28-26-. The molecule has 0 aliphatic carbocycles. The first-order valence-corrected chi connectivity index (χ1v) is 12.2. The van der Waals surface area contributed by atoms with Crippen molar-refractivity contribution in [3.63, 3.8) is 0 Å². The molecule has 1 atom stereocenters. The molecular weight excluding hydrogens is 470 g/mol. The van der Waals surface area contributed by atoms with E-state index in [9.17, 15) is 14.7 Å². The van der Waals surface area contributed by atoms with Crippen molar-refractivity contribution in [2.75, 3.05) is 27.4 Å². The molecule has 1 N–H and O–H groups in total. The quantitative estimate of drug-likeness (QED) is 0.290. The van der Waals surface area contributed by atoms with Gasteiger partial charge < -0.3 is 24.2 Å². The lowest BCUT2D eigenvalue weighted by molar-refractivity contribution is -0.139. The molecule has 7 heteroatoms. The summed E-state index contributed by atoms with van der Waals surface area (Å²) in [7, 11) is 3.15. The predicted molar refractivity (Wildman–Crippen MR) is 139 cm³/mol. The van der Waals surface area contributed by atoms with Gasteiger partial charge in [0.1, 0.15) is 11.5 Å². The summed E-state index contributed by atoms with van der Waals surface area (Å²) in [6, 6.07) is 17.9. The van der Waals surface area contributed by atoms with Gasteiger partial charge in [0.2, 0.25) is 0 Å². The summed E-state index contributed by atoms with van der Waals surface area (Å²) in [5, 5.41) is 11.4. The van der Waals surface area contributed by atoms with Gasteiger partial charge >= 0.3 is 0 Å². The van der Waals surface area contributed by atoms with E-state index in [2.05, 4.69) is 0 Å². The molecule has 0 radical (unpaired) electrons. The average Bonchev–Trinajstić information content (AvgIpc) is 3.48. The van der Waals surface area contributed by atoms with E-state index in [-0.39, 0.29) is 17.9 Å². The number of Topliss-reactive ketones (excluding diaryl/α,β-unsaturated/α-hetero) is 1. The molecule has 190 valence electrons. The summed E-state index contributed by atoms with van der Waals surface area (Å²) in [6.45, 7) is 2.83. The zero-order valence-electron chi connectivity index (χ0n) is 21.1. The number of hydrogen-bond donors (Lipinski definition) is 1. The number of carbonyl (C=O) groups is 2. The van der Waals surface area contributed by atoms with Crippen LogP contribution in [0.3, 0.4) is 0 Å². The zero-order chi connectivity index (χ0) is 26.1. The highest BCUT2D eigenvalue weighted by atomic mass is 16.5. The van der Waals surface area contributed by atoms with E-state index in [1.807, 2.05) is 55.5 Å². The summed E-state index contributed by atoms with van der Waals surface area (Å²) in [5.41, 5.74) is 4.27. The maximum absolute atomic E-state index is 13.4. The Labute approximate surface area is 215 Å². The van der Waals surface area contributed by atoms with Crippen LogP contribution in [0.4, 0.5) is 0 Å². The van der Waals surface area contributed by atoms with E-state index in [4.69, 9.17) is 14.2 Å². The molecule has 0 saturated carbocycles. The van der Waals surface area contributed by atoms with Gasteiger partial charge in [0, 0.05) is 18.5 Å². The van der Waals surface area contributed by atoms with Crippen LogP contribution in [0.15, 0.2) is 66.2 Å². The molecule has 3 aromatic carbocycles. The highest BCUT2D eigenvalue weighted by Gasteiger charge is 2.46. The number of ketones is 1. The minimum absolute atomic E-state index is 0.0989. The lowest BCUT2D eigenvalue weighted by atomic mass is 9.93. The zero-order valence-corrected chi connectivity index (χ0v) is 21.1. The smallest absolute Gasteiger partial charge is 0.295 e. The second kappa shape index (κ2) is 10.0. The summed E-state index contributed by atoms with van der Waals surface area (Å²) in [6.07, 6.45) is 1.23. The van der Waals surface area contributed by atoms with Gasteiger partial charge in [-0.25, -0.2) is 0 Å². The van der Waals surface area contributed by atoms with Gasteiger partial charge in [-0.1, -0.05) is 35.9 Å². The van der Waals surface area contributed by atoms with E-state index in [0.717, 1.165) is 34.4 Å². The Balaban J connectivity index is 1.54. The van der Waals surface area contributed by atoms with Crippen molar-refractivity contribution in [2.45, 2.75) is 25.8 Å². The van der Waals surface area contributed by atoms with Crippen molar-refractivity contribution in [1.82, 2.24) is 4.90 Å². The van der Waals surface area contributed by atoms with Crippen LogP contribution in [0.1, 0.15) is 33.9 Å². The number of carbonyl (C=O) groups excluding carboxylic acids is 2. The van der Waals surface area contributed by atoms with Crippen LogP contribution in [0.2, 0.25) is 0 Å². The fraction of sp³-hybridized carbons (Fsp3) is 0.267. The van der Waals surface area contributed by atoms with Gasteiger partial charge in [0.05, 0.1) is 32.4 Å². The minimum atomic E-state index is -0.704. The molecule has 5 rings (SSSR count). The number of aliphatic hydroxyl groups is 1. The number of benzene rings is 3. The number of fused-ring (bicyclic) bond motifs is 1. The SMILES string of the molecule is COc1ccc(CCN2C(=O)C(=O)/C(=C(\O)c3ccc4c(c3)CCO4)C2c2cccc(C)c2)cc1OC. The van der Waals surface area contributed by atoms with Crippen LogP contribution in [0, 0.1) is 6.92 Å². The van der Waals surface area contributed by atoms with E-state index in [0.29, 0.717) is 30.1 Å². The van der Waals surface area contributed by atoms with Crippen LogP contribution < -0.4 is 14.2 Å². The molecule has 7 nitrogen and oxygen atoms in total. The Hall–Kier alpha value is -4.26. The van der Waals surface area contributed by atoms with Crippen LogP contribution >= 0.6 is 0 Å². The summed E-state index contributed by atoms with van der Waals surface area (Å²) >= 11 is 0. The topological polar surface area (TPSA) is 85.3 Å². The number of aryl methyl sites for hydroxylation is 1. The lowest BCUT2D eigenvalue weighted by Gasteiger charge is -2.26. The molecule has 0 aromatic heterocycles. The number of nitrogens with zero attached hydrogens (tertiary/aromatic N) is 1. The van der Waals surface area contributed by atoms with Crippen molar-refractivity contribution in [1.29, 1.82) is 0 Å². The largest absolute Gasteiger partial charge is 0.507 e. The minimum Gasteiger partial charge on any atom is -0.507 e. The molecule has 1 fully saturated rings. The Bertz CT molecular complexity index is 1410. The van der Waals surface area contributed by atoms with Gasteiger partial charge in [-0.05, 0) is 60.4 Å². The maximum atomic E-state index is 13.4. The van der Waals surface area contributed by atoms with Gasteiger partial charge in [-0.3, -0.25) is 9.59 Å². The average molecular weight is 500 g/mol. The molecular formula is C30H29NO6. The molecule has 2 aliphatic rings. The first-order chi connectivity index (χ1) is 17.9. The Morgan fingerprint density at radius 2 is 1.84 bits per heavy atom. The Morgan fingerprint density at radius 3 is 2.59 bits per heavy atom. The Morgan fingerprint density at radius 1 is 1.03 bits per heavy atom. The monoisotopic (exact) mass is 499 g/mol. The van der Waals surface area contributed by atoms with Crippen LogP contribution in [0.5, 0.6) is 17.2 Å².